The molecule has 19 heavy (non-hydrogen) atoms. The number of benzene rings is 1. The smallest absolute Gasteiger partial charge is 0.185 e. The lowest BCUT2D eigenvalue weighted by Gasteiger charge is -2.07. The van der Waals surface area contributed by atoms with E-state index in [2.05, 4.69) is 4.98 Å². The zero-order chi connectivity index (χ0) is 13.1. The molecule has 0 bridgehead atoms. The van der Waals surface area contributed by atoms with E-state index in [-0.39, 0.29) is 0 Å². The zero-order valence-corrected chi connectivity index (χ0v) is 10.2. The molecule has 4 nitrogen and oxygen atoms in total. The van der Waals surface area contributed by atoms with Gasteiger partial charge in [-0.2, -0.15) is 0 Å². The van der Waals surface area contributed by atoms with E-state index in [1.165, 1.54) is 0 Å². The number of carbonyl (C=O) groups excluding carboxylic acids is 1. The van der Waals surface area contributed by atoms with Crippen LogP contribution in [0, 0.1) is 0 Å². The Morgan fingerprint density at radius 1 is 1.21 bits per heavy atom. The van der Waals surface area contributed by atoms with E-state index in [0.717, 1.165) is 11.1 Å². The largest absolute Gasteiger partial charge is 0.453 e. The van der Waals surface area contributed by atoms with Crippen molar-refractivity contribution in [3.63, 3.8) is 0 Å². The number of aromatic nitrogens is 2. The van der Waals surface area contributed by atoms with Gasteiger partial charge in [0.1, 0.15) is 5.76 Å². The van der Waals surface area contributed by atoms with E-state index in [1.54, 1.807) is 18.6 Å². The van der Waals surface area contributed by atoms with E-state index in [4.69, 9.17) is 4.42 Å². The number of nitrogens with zero attached hydrogens (tertiary/aromatic N) is 2. The number of furan rings is 1. The van der Waals surface area contributed by atoms with Crippen molar-refractivity contribution in [2.45, 2.75) is 6.54 Å². The van der Waals surface area contributed by atoms with Gasteiger partial charge in [0.05, 0.1) is 6.33 Å². The monoisotopic (exact) mass is 252 g/mol. The summed E-state index contributed by atoms with van der Waals surface area (Å²) in [6, 6.07) is 11.5. The highest BCUT2D eigenvalue weighted by Gasteiger charge is 2.09. The third-order valence-electron chi connectivity index (χ3n) is 2.94. The minimum absolute atomic E-state index is 0.340. The second-order valence-corrected chi connectivity index (χ2v) is 4.21. The molecule has 0 fully saturated rings. The maximum atomic E-state index is 10.7. The van der Waals surface area contributed by atoms with Crippen LogP contribution in [0.15, 0.2) is 59.5 Å². The molecule has 0 aliphatic heterocycles. The Kier molecular flexibility index (Phi) is 2.98. The average molecular weight is 252 g/mol. The first-order chi connectivity index (χ1) is 9.36. The first kappa shape index (κ1) is 11.5. The Morgan fingerprint density at radius 3 is 2.84 bits per heavy atom. The quantitative estimate of drug-likeness (QED) is 0.670. The molecule has 0 saturated heterocycles. The van der Waals surface area contributed by atoms with Crippen LogP contribution in [0.1, 0.15) is 16.1 Å². The Balaban J connectivity index is 1.99. The molecule has 1 aromatic carbocycles. The van der Waals surface area contributed by atoms with Crippen molar-refractivity contribution in [2.75, 3.05) is 0 Å². The van der Waals surface area contributed by atoms with Crippen LogP contribution in [0.5, 0.6) is 0 Å². The second kappa shape index (κ2) is 4.94. The fourth-order valence-corrected chi connectivity index (χ4v) is 2.04. The standard InChI is InChI=1S/C15H12N2O2/c18-10-13-5-6-15(19-13)14-4-2-1-3-12(14)9-17-8-7-16-11-17/h1-8,10-11H,9H2. The van der Waals surface area contributed by atoms with Gasteiger partial charge < -0.3 is 8.98 Å². The molecule has 0 unspecified atom stereocenters. The fourth-order valence-electron chi connectivity index (χ4n) is 2.04. The summed E-state index contributed by atoms with van der Waals surface area (Å²) >= 11 is 0. The second-order valence-electron chi connectivity index (χ2n) is 4.21. The van der Waals surface area contributed by atoms with Crippen molar-refractivity contribution in [1.82, 2.24) is 9.55 Å². The maximum Gasteiger partial charge on any atom is 0.185 e. The van der Waals surface area contributed by atoms with E-state index in [9.17, 15) is 4.79 Å². The Hall–Kier alpha value is -2.62. The molecule has 0 aliphatic carbocycles. The number of rotatable bonds is 4. The molecule has 0 aliphatic rings. The summed E-state index contributed by atoms with van der Waals surface area (Å²) in [5.41, 5.74) is 2.11. The molecule has 0 saturated carbocycles. The van der Waals surface area contributed by atoms with Gasteiger partial charge in [0.15, 0.2) is 12.0 Å². The van der Waals surface area contributed by atoms with Gasteiger partial charge >= 0.3 is 0 Å². The molecule has 2 aromatic heterocycles. The van der Waals surface area contributed by atoms with Gasteiger partial charge in [-0.1, -0.05) is 24.3 Å². The minimum Gasteiger partial charge on any atom is -0.453 e. The van der Waals surface area contributed by atoms with Crippen LogP contribution in [0.2, 0.25) is 0 Å². The van der Waals surface area contributed by atoms with Crippen LogP contribution < -0.4 is 0 Å². The summed E-state index contributed by atoms with van der Waals surface area (Å²) in [6.07, 6.45) is 6.15. The van der Waals surface area contributed by atoms with Crippen LogP contribution in [-0.4, -0.2) is 15.8 Å². The van der Waals surface area contributed by atoms with Crippen molar-refractivity contribution >= 4 is 6.29 Å². The highest BCUT2D eigenvalue weighted by Crippen LogP contribution is 2.26. The number of hydrogen-bond donors (Lipinski definition) is 0. The highest BCUT2D eigenvalue weighted by molar-refractivity contribution is 5.73. The van der Waals surface area contributed by atoms with Crippen molar-refractivity contribution in [3.05, 3.63) is 66.4 Å². The first-order valence-corrected chi connectivity index (χ1v) is 5.96. The lowest BCUT2D eigenvalue weighted by Crippen LogP contribution is -1.98. The molecular formula is C15H12N2O2. The van der Waals surface area contributed by atoms with Gasteiger partial charge in [-0.25, -0.2) is 4.98 Å². The van der Waals surface area contributed by atoms with E-state index < -0.39 is 0 Å². The van der Waals surface area contributed by atoms with Gasteiger partial charge in [-0.05, 0) is 17.7 Å². The van der Waals surface area contributed by atoms with Crippen molar-refractivity contribution in [2.24, 2.45) is 0 Å². The maximum absolute atomic E-state index is 10.7. The van der Waals surface area contributed by atoms with Crippen molar-refractivity contribution in [1.29, 1.82) is 0 Å². The first-order valence-electron chi connectivity index (χ1n) is 5.96. The summed E-state index contributed by atoms with van der Waals surface area (Å²) in [7, 11) is 0. The van der Waals surface area contributed by atoms with Crippen LogP contribution in [0.25, 0.3) is 11.3 Å². The lowest BCUT2D eigenvalue weighted by molar-refractivity contribution is 0.110. The Bertz CT molecular complexity index is 684. The summed E-state index contributed by atoms with van der Waals surface area (Å²) < 4.78 is 7.47. The number of aldehydes is 1. The van der Waals surface area contributed by atoms with Gasteiger partial charge in [-0.15, -0.1) is 0 Å². The zero-order valence-electron chi connectivity index (χ0n) is 10.2. The molecule has 2 heterocycles. The molecule has 0 atom stereocenters. The minimum atomic E-state index is 0.340. The Labute approximate surface area is 110 Å². The van der Waals surface area contributed by atoms with Crippen molar-refractivity contribution in [3.8, 4) is 11.3 Å². The molecule has 0 amide bonds. The van der Waals surface area contributed by atoms with Crippen LogP contribution in [-0.2, 0) is 6.54 Å². The third-order valence-corrected chi connectivity index (χ3v) is 2.94. The van der Waals surface area contributed by atoms with Crippen LogP contribution in [0.3, 0.4) is 0 Å². The molecule has 0 spiro atoms. The topological polar surface area (TPSA) is 48.0 Å². The number of carbonyl (C=O) groups is 1. The summed E-state index contributed by atoms with van der Waals surface area (Å²) in [4.78, 5) is 14.7. The van der Waals surface area contributed by atoms with E-state index in [0.29, 0.717) is 24.4 Å². The van der Waals surface area contributed by atoms with Gasteiger partial charge in [0, 0.05) is 24.5 Å². The molecular weight excluding hydrogens is 240 g/mol. The van der Waals surface area contributed by atoms with E-state index in [1.807, 2.05) is 41.1 Å². The molecule has 3 rings (SSSR count). The summed E-state index contributed by atoms with van der Waals surface area (Å²) in [5.74, 6) is 1.05. The highest BCUT2D eigenvalue weighted by atomic mass is 16.3. The fraction of sp³-hybridized carbons (Fsp3) is 0.0667. The molecule has 3 aromatic rings. The molecule has 4 heteroatoms. The molecule has 0 N–H and O–H groups in total. The normalized spacial score (nSPS) is 10.5. The SMILES string of the molecule is O=Cc1ccc(-c2ccccc2Cn2ccnc2)o1. The third kappa shape index (κ3) is 2.33. The van der Waals surface area contributed by atoms with Crippen LogP contribution in [0.4, 0.5) is 0 Å². The summed E-state index contributed by atoms with van der Waals surface area (Å²) in [5, 5.41) is 0. The van der Waals surface area contributed by atoms with Gasteiger partial charge in [0.25, 0.3) is 0 Å². The Morgan fingerprint density at radius 2 is 2.11 bits per heavy atom. The molecule has 94 valence electrons. The van der Waals surface area contributed by atoms with Gasteiger partial charge in [0.2, 0.25) is 0 Å². The lowest BCUT2D eigenvalue weighted by atomic mass is 10.1. The van der Waals surface area contributed by atoms with Crippen LogP contribution >= 0.6 is 0 Å². The number of hydrogen-bond acceptors (Lipinski definition) is 3. The predicted octanol–water partition coefficient (Wildman–Crippen LogP) is 3.00. The van der Waals surface area contributed by atoms with Gasteiger partial charge in [-0.3, -0.25) is 4.79 Å². The van der Waals surface area contributed by atoms with Crippen molar-refractivity contribution < 1.29 is 9.21 Å². The van der Waals surface area contributed by atoms with E-state index >= 15 is 0 Å². The summed E-state index contributed by atoms with van der Waals surface area (Å²) in [6.45, 7) is 0.716. The number of imidazole rings is 1. The predicted molar refractivity (Wildman–Crippen MR) is 70.9 cm³/mol. The average Bonchev–Trinajstić information content (AvgIpc) is 3.10. The molecule has 0 radical (unpaired) electrons.